The lowest BCUT2D eigenvalue weighted by molar-refractivity contribution is 0.0656. The maximum absolute atomic E-state index is 12.4. The van der Waals surface area contributed by atoms with Gasteiger partial charge in [-0.2, -0.15) is 0 Å². The second-order valence-corrected chi connectivity index (χ2v) is 6.74. The van der Waals surface area contributed by atoms with Crippen LogP contribution in [0.4, 0.5) is 0 Å². The predicted molar refractivity (Wildman–Crippen MR) is 97.2 cm³/mol. The molecule has 0 spiro atoms. The van der Waals surface area contributed by atoms with Crippen molar-refractivity contribution in [2.45, 2.75) is 6.42 Å². The molecule has 0 atom stereocenters. The second kappa shape index (κ2) is 6.29. The van der Waals surface area contributed by atoms with Gasteiger partial charge in [-0.05, 0) is 24.3 Å². The van der Waals surface area contributed by atoms with Crippen LogP contribution in [-0.4, -0.2) is 33.2 Å². The maximum atomic E-state index is 12.4. The van der Waals surface area contributed by atoms with Crippen LogP contribution in [0.2, 0.25) is 0 Å². The molecule has 0 radical (unpaired) electrons. The van der Waals surface area contributed by atoms with E-state index in [4.69, 9.17) is 0 Å². The third-order valence-electron chi connectivity index (χ3n) is 4.21. The van der Waals surface area contributed by atoms with Gasteiger partial charge in [0.05, 0.1) is 11.1 Å². The number of imide groups is 1. The number of amides is 2. The van der Waals surface area contributed by atoms with Crippen molar-refractivity contribution in [1.29, 1.82) is 0 Å². The highest BCUT2D eigenvalue weighted by atomic mass is 79.9. The molecule has 0 unspecified atom stereocenters. The topological polar surface area (TPSA) is 66.1 Å². The molecule has 3 aromatic rings. The minimum Gasteiger partial charge on any atom is -0.342 e. The van der Waals surface area contributed by atoms with Crippen molar-refractivity contribution in [3.05, 3.63) is 76.0 Å². The van der Waals surface area contributed by atoms with Gasteiger partial charge in [-0.3, -0.25) is 14.5 Å². The molecule has 5 nitrogen and oxygen atoms in total. The summed E-state index contributed by atoms with van der Waals surface area (Å²) in [4.78, 5) is 33.7. The number of aromatic amines is 1. The van der Waals surface area contributed by atoms with Gasteiger partial charge in [-0.25, -0.2) is 4.98 Å². The van der Waals surface area contributed by atoms with E-state index in [1.165, 1.54) is 4.90 Å². The van der Waals surface area contributed by atoms with E-state index < -0.39 is 0 Å². The van der Waals surface area contributed by atoms with Gasteiger partial charge in [0.2, 0.25) is 0 Å². The Morgan fingerprint density at radius 1 is 1.00 bits per heavy atom. The third-order valence-corrected chi connectivity index (χ3v) is 4.70. The Labute approximate surface area is 152 Å². The summed E-state index contributed by atoms with van der Waals surface area (Å²) >= 11 is 3.45. The quantitative estimate of drug-likeness (QED) is 0.685. The smallest absolute Gasteiger partial charge is 0.261 e. The fourth-order valence-electron chi connectivity index (χ4n) is 2.94. The minimum absolute atomic E-state index is 0.229. The van der Waals surface area contributed by atoms with E-state index in [0.29, 0.717) is 24.1 Å². The number of nitrogens with zero attached hydrogens (tertiary/aromatic N) is 2. The van der Waals surface area contributed by atoms with E-state index in [9.17, 15) is 9.59 Å². The Morgan fingerprint density at radius 2 is 1.72 bits per heavy atom. The molecular weight excluding hydrogens is 382 g/mol. The van der Waals surface area contributed by atoms with Crippen molar-refractivity contribution in [3.63, 3.8) is 0 Å². The van der Waals surface area contributed by atoms with Crippen LogP contribution in [0, 0.1) is 0 Å². The molecule has 1 aliphatic rings. The molecule has 1 aliphatic heterocycles. The first kappa shape index (κ1) is 15.8. The number of halogens is 1. The normalized spacial score (nSPS) is 13.4. The third kappa shape index (κ3) is 2.89. The summed E-state index contributed by atoms with van der Waals surface area (Å²) in [7, 11) is 0. The number of hydrogen-bond acceptors (Lipinski definition) is 3. The van der Waals surface area contributed by atoms with E-state index in [0.717, 1.165) is 21.6 Å². The van der Waals surface area contributed by atoms with Crippen LogP contribution in [0.15, 0.2) is 59.2 Å². The summed E-state index contributed by atoms with van der Waals surface area (Å²) in [6.07, 6.45) is 2.28. The molecule has 2 amide bonds. The van der Waals surface area contributed by atoms with Crippen LogP contribution in [-0.2, 0) is 6.42 Å². The van der Waals surface area contributed by atoms with Crippen molar-refractivity contribution >= 4 is 27.7 Å². The van der Waals surface area contributed by atoms with E-state index in [1.807, 2.05) is 24.3 Å². The molecule has 0 bridgehead atoms. The number of hydrogen-bond donors (Lipinski definition) is 1. The average molecular weight is 396 g/mol. The van der Waals surface area contributed by atoms with Gasteiger partial charge in [0, 0.05) is 34.9 Å². The lowest BCUT2D eigenvalue weighted by Crippen LogP contribution is -2.31. The Hall–Kier alpha value is -2.73. The Bertz CT molecular complexity index is 945. The van der Waals surface area contributed by atoms with Crippen molar-refractivity contribution in [2.24, 2.45) is 0 Å². The second-order valence-electron chi connectivity index (χ2n) is 5.82. The Kier molecular flexibility index (Phi) is 3.97. The monoisotopic (exact) mass is 395 g/mol. The molecule has 0 fully saturated rings. The van der Waals surface area contributed by atoms with Crippen molar-refractivity contribution in [2.75, 3.05) is 6.54 Å². The molecule has 25 heavy (non-hydrogen) atoms. The lowest BCUT2D eigenvalue weighted by atomic mass is 10.1. The molecule has 2 aromatic carbocycles. The number of aromatic nitrogens is 2. The number of fused-ring (bicyclic) bond motifs is 1. The summed E-state index contributed by atoms with van der Waals surface area (Å²) in [5, 5.41) is 0. The summed E-state index contributed by atoms with van der Waals surface area (Å²) in [5.41, 5.74) is 2.81. The van der Waals surface area contributed by atoms with Crippen LogP contribution in [0.5, 0.6) is 0 Å². The predicted octanol–water partition coefficient (Wildman–Crippen LogP) is 3.68. The number of benzene rings is 2. The molecule has 0 aliphatic carbocycles. The summed E-state index contributed by atoms with van der Waals surface area (Å²) in [5.74, 6) is 0.304. The van der Waals surface area contributed by atoms with Gasteiger partial charge in [0.25, 0.3) is 11.8 Å². The van der Waals surface area contributed by atoms with Crippen LogP contribution >= 0.6 is 15.9 Å². The Balaban J connectivity index is 1.48. The first-order valence-electron chi connectivity index (χ1n) is 7.88. The van der Waals surface area contributed by atoms with Gasteiger partial charge in [-0.15, -0.1) is 0 Å². The number of H-pyrrole nitrogens is 1. The highest BCUT2D eigenvalue weighted by molar-refractivity contribution is 9.10. The van der Waals surface area contributed by atoms with E-state index >= 15 is 0 Å². The van der Waals surface area contributed by atoms with E-state index in [1.54, 1.807) is 30.5 Å². The standard InChI is InChI=1S/C19H14BrN3O2/c20-13-5-3-4-12(10-13)17-21-11-14(22-17)8-9-23-18(24)15-6-1-2-7-16(15)19(23)25/h1-7,10-11H,8-9H2,(H,21,22). The highest BCUT2D eigenvalue weighted by Crippen LogP contribution is 2.23. The van der Waals surface area contributed by atoms with Crippen molar-refractivity contribution in [1.82, 2.24) is 14.9 Å². The zero-order valence-electron chi connectivity index (χ0n) is 13.2. The van der Waals surface area contributed by atoms with Gasteiger partial charge >= 0.3 is 0 Å². The molecule has 0 saturated heterocycles. The van der Waals surface area contributed by atoms with Gasteiger partial charge in [-0.1, -0.05) is 40.2 Å². The first-order chi connectivity index (χ1) is 12.1. The molecule has 1 aromatic heterocycles. The van der Waals surface area contributed by atoms with E-state index in [-0.39, 0.29) is 11.8 Å². The molecular formula is C19H14BrN3O2. The van der Waals surface area contributed by atoms with Gasteiger partial charge in [0.1, 0.15) is 5.82 Å². The zero-order chi connectivity index (χ0) is 17.4. The fourth-order valence-corrected chi connectivity index (χ4v) is 3.34. The number of imidazole rings is 1. The first-order valence-corrected chi connectivity index (χ1v) is 8.68. The average Bonchev–Trinajstić information content (AvgIpc) is 3.18. The molecule has 2 heterocycles. The number of carbonyl (C=O) groups excluding carboxylic acids is 2. The minimum atomic E-state index is -0.229. The summed E-state index contributed by atoms with van der Waals surface area (Å²) in [6, 6.07) is 14.8. The van der Waals surface area contributed by atoms with Crippen LogP contribution in [0.25, 0.3) is 11.4 Å². The summed E-state index contributed by atoms with van der Waals surface area (Å²) < 4.78 is 0.981. The maximum Gasteiger partial charge on any atom is 0.261 e. The molecule has 124 valence electrons. The van der Waals surface area contributed by atoms with Crippen LogP contribution < -0.4 is 0 Å². The van der Waals surface area contributed by atoms with Crippen molar-refractivity contribution < 1.29 is 9.59 Å². The highest BCUT2D eigenvalue weighted by Gasteiger charge is 2.34. The van der Waals surface area contributed by atoms with E-state index in [2.05, 4.69) is 25.9 Å². The molecule has 0 saturated carbocycles. The zero-order valence-corrected chi connectivity index (χ0v) is 14.8. The van der Waals surface area contributed by atoms with Gasteiger partial charge < -0.3 is 4.98 Å². The van der Waals surface area contributed by atoms with Crippen molar-refractivity contribution in [3.8, 4) is 11.4 Å². The largest absolute Gasteiger partial charge is 0.342 e. The molecule has 4 rings (SSSR count). The van der Waals surface area contributed by atoms with Crippen LogP contribution in [0.1, 0.15) is 26.4 Å². The summed E-state index contributed by atoms with van der Waals surface area (Å²) in [6.45, 7) is 0.326. The molecule has 6 heteroatoms. The Morgan fingerprint density at radius 3 is 2.40 bits per heavy atom. The molecule has 1 N–H and O–H groups in total. The number of carbonyl (C=O) groups is 2. The lowest BCUT2D eigenvalue weighted by Gasteiger charge is -2.12. The number of rotatable bonds is 4. The SMILES string of the molecule is O=C1c2ccccc2C(=O)N1CCc1cnc(-c2cccc(Br)c2)[nH]1. The van der Waals surface area contributed by atoms with Crippen LogP contribution in [0.3, 0.4) is 0 Å². The fraction of sp³-hybridized carbons (Fsp3) is 0.105. The van der Waals surface area contributed by atoms with Gasteiger partial charge in [0.15, 0.2) is 0 Å². The number of nitrogens with one attached hydrogen (secondary N) is 1.